The number of aryl methyl sites for hydroxylation is 2. The molecule has 0 unspecified atom stereocenters. The van der Waals surface area contributed by atoms with Gasteiger partial charge in [-0.25, -0.2) is 4.98 Å². The van der Waals surface area contributed by atoms with Gasteiger partial charge in [0.2, 0.25) is 0 Å². The minimum Gasteiger partial charge on any atom is -0.372 e. The molecule has 0 fully saturated rings. The topological polar surface area (TPSA) is 44.1 Å². The standard InChI is InChI=1S/C27H28N2O2S2/c1-17(2)22-15-20-23(16-31-22)33-25-24(20)26(30)29(21-12-8-7-9-18(21)3)27(28-25)32-14-13-19-10-5-4-6-11-19/h4-12,17,22H,13-16H2,1-3H3/t22-/m1/s1. The maximum Gasteiger partial charge on any atom is 0.267 e. The third-order valence-corrected chi connectivity index (χ3v) is 8.32. The van der Waals surface area contributed by atoms with Gasteiger partial charge in [0, 0.05) is 17.1 Å². The molecule has 170 valence electrons. The number of nitrogens with zero attached hydrogens (tertiary/aromatic N) is 2. The number of fused-ring (bicyclic) bond motifs is 3. The molecule has 2 aromatic heterocycles. The monoisotopic (exact) mass is 476 g/mol. The van der Waals surface area contributed by atoms with E-state index in [-0.39, 0.29) is 11.7 Å². The fourth-order valence-corrected chi connectivity index (χ4v) is 6.52. The van der Waals surface area contributed by atoms with Crippen molar-refractivity contribution in [2.75, 3.05) is 5.75 Å². The lowest BCUT2D eigenvalue weighted by atomic mass is 9.96. The van der Waals surface area contributed by atoms with E-state index in [1.165, 1.54) is 5.56 Å². The molecule has 1 atom stereocenters. The molecule has 0 N–H and O–H groups in total. The fraction of sp³-hybridized carbons (Fsp3) is 0.333. The number of para-hydroxylation sites is 1. The molecule has 4 nitrogen and oxygen atoms in total. The zero-order valence-corrected chi connectivity index (χ0v) is 20.8. The van der Waals surface area contributed by atoms with Gasteiger partial charge >= 0.3 is 0 Å². The molecule has 0 saturated heterocycles. The normalized spacial score (nSPS) is 15.8. The van der Waals surface area contributed by atoms with Crippen LogP contribution in [-0.4, -0.2) is 21.4 Å². The average Bonchev–Trinajstić information content (AvgIpc) is 3.18. The first kappa shape index (κ1) is 22.4. The second kappa shape index (κ2) is 9.45. The van der Waals surface area contributed by atoms with Gasteiger partial charge in [-0.1, -0.05) is 74.1 Å². The molecule has 2 aromatic carbocycles. The minimum absolute atomic E-state index is 0.0402. The summed E-state index contributed by atoms with van der Waals surface area (Å²) in [5.74, 6) is 1.27. The van der Waals surface area contributed by atoms with Gasteiger partial charge in [0.15, 0.2) is 5.16 Å². The third-order valence-electron chi connectivity index (χ3n) is 6.28. The van der Waals surface area contributed by atoms with Crippen molar-refractivity contribution >= 4 is 33.3 Å². The smallest absolute Gasteiger partial charge is 0.267 e. The molecule has 0 saturated carbocycles. The van der Waals surface area contributed by atoms with Gasteiger partial charge in [0.25, 0.3) is 5.56 Å². The highest BCUT2D eigenvalue weighted by Gasteiger charge is 2.29. The quantitative estimate of drug-likeness (QED) is 0.246. The molecule has 3 heterocycles. The Morgan fingerprint density at radius 2 is 1.91 bits per heavy atom. The second-order valence-corrected chi connectivity index (χ2v) is 11.0. The second-order valence-electron chi connectivity index (χ2n) is 8.89. The van der Waals surface area contributed by atoms with Crippen LogP contribution in [0.5, 0.6) is 0 Å². The van der Waals surface area contributed by atoms with Crippen LogP contribution in [0.15, 0.2) is 64.5 Å². The molecule has 4 aromatic rings. The van der Waals surface area contributed by atoms with Crippen molar-refractivity contribution in [1.29, 1.82) is 0 Å². The Morgan fingerprint density at radius 3 is 2.67 bits per heavy atom. The number of thiophene rings is 1. The van der Waals surface area contributed by atoms with Crippen molar-refractivity contribution in [2.45, 2.75) is 51.5 Å². The van der Waals surface area contributed by atoms with Gasteiger partial charge in [-0.15, -0.1) is 11.3 Å². The van der Waals surface area contributed by atoms with Gasteiger partial charge in [-0.3, -0.25) is 9.36 Å². The highest BCUT2D eigenvalue weighted by atomic mass is 32.2. The van der Waals surface area contributed by atoms with E-state index < -0.39 is 0 Å². The van der Waals surface area contributed by atoms with Crippen LogP contribution in [-0.2, 0) is 24.2 Å². The van der Waals surface area contributed by atoms with E-state index in [1.54, 1.807) is 23.1 Å². The van der Waals surface area contributed by atoms with E-state index in [9.17, 15) is 4.79 Å². The molecule has 1 aliphatic rings. The first-order valence-corrected chi connectivity index (χ1v) is 13.2. The summed E-state index contributed by atoms with van der Waals surface area (Å²) in [5, 5.41) is 1.54. The lowest BCUT2D eigenvalue weighted by molar-refractivity contribution is 0.00200. The Morgan fingerprint density at radius 1 is 1.15 bits per heavy atom. The van der Waals surface area contributed by atoms with Crippen LogP contribution in [0.25, 0.3) is 15.9 Å². The van der Waals surface area contributed by atoms with Crippen molar-refractivity contribution in [3.63, 3.8) is 0 Å². The Bertz CT molecular complexity index is 1340. The van der Waals surface area contributed by atoms with Gasteiger partial charge < -0.3 is 4.74 Å². The molecule has 0 radical (unpaired) electrons. The molecule has 0 spiro atoms. The van der Waals surface area contributed by atoms with Crippen LogP contribution in [0.4, 0.5) is 0 Å². The number of rotatable bonds is 6. The van der Waals surface area contributed by atoms with Gasteiger partial charge in [0.1, 0.15) is 4.83 Å². The number of ether oxygens (including phenoxy) is 1. The predicted molar refractivity (Wildman–Crippen MR) is 138 cm³/mol. The van der Waals surface area contributed by atoms with Crippen molar-refractivity contribution in [2.24, 2.45) is 5.92 Å². The van der Waals surface area contributed by atoms with E-state index >= 15 is 0 Å². The Labute approximate surface area is 202 Å². The van der Waals surface area contributed by atoms with E-state index in [4.69, 9.17) is 9.72 Å². The van der Waals surface area contributed by atoms with Gasteiger partial charge in [0.05, 0.1) is 23.8 Å². The number of aromatic nitrogens is 2. The highest BCUT2D eigenvalue weighted by Crippen LogP contribution is 2.36. The van der Waals surface area contributed by atoms with Crippen molar-refractivity contribution < 1.29 is 4.74 Å². The minimum atomic E-state index is 0.0402. The van der Waals surface area contributed by atoms with E-state index in [0.717, 1.165) is 55.7 Å². The number of hydrogen-bond donors (Lipinski definition) is 0. The van der Waals surface area contributed by atoms with E-state index in [2.05, 4.69) is 51.1 Å². The molecule has 33 heavy (non-hydrogen) atoms. The molecular formula is C27H28N2O2S2. The molecule has 6 heteroatoms. The number of benzene rings is 2. The lowest BCUT2D eigenvalue weighted by Crippen LogP contribution is -2.28. The summed E-state index contributed by atoms with van der Waals surface area (Å²) in [5.41, 5.74) is 4.45. The zero-order valence-electron chi connectivity index (χ0n) is 19.2. The molecule has 0 aliphatic carbocycles. The Kier molecular flexibility index (Phi) is 6.41. The molecule has 5 rings (SSSR count). The van der Waals surface area contributed by atoms with Crippen LogP contribution >= 0.6 is 23.1 Å². The SMILES string of the molecule is Cc1ccccc1-n1c(SCCc2ccccc2)nc2sc3c(c2c1=O)C[C@H](C(C)C)OC3. The van der Waals surface area contributed by atoms with Gasteiger partial charge in [-0.2, -0.15) is 0 Å². The summed E-state index contributed by atoms with van der Waals surface area (Å²) in [6, 6.07) is 18.5. The maximum atomic E-state index is 14.0. The summed E-state index contributed by atoms with van der Waals surface area (Å²) in [6.45, 7) is 6.97. The summed E-state index contributed by atoms with van der Waals surface area (Å²) in [4.78, 5) is 21.1. The van der Waals surface area contributed by atoms with Crippen LogP contribution < -0.4 is 5.56 Å². The van der Waals surface area contributed by atoms with E-state index in [1.807, 2.05) is 28.8 Å². The summed E-state index contributed by atoms with van der Waals surface area (Å²) in [6.07, 6.45) is 1.84. The van der Waals surface area contributed by atoms with Crippen LogP contribution in [0.2, 0.25) is 0 Å². The van der Waals surface area contributed by atoms with Crippen molar-refractivity contribution in [1.82, 2.24) is 9.55 Å². The first-order valence-electron chi connectivity index (χ1n) is 11.4. The number of thioether (sulfide) groups is 1. The Hall–Kier alpha value is -2.41. The average molecular weight is 477 g/mol. The fourth-order valence-electron chi connectivity index (χ4n) is 4.36. The molecule has 0 bridgehead atoms. The van der Waals surface area contributed by atoms with Crippen LogP contribution in [0.3, 0.4) is 0 Å². The molecule has 1 aliphatic heterocycles. The van der Waals surface area contributed by atoms with Gasteiger partial charge in [-0.05, 0) is 42.0 Å². The zero-order chi connectivity index (χ0) is 22.9. The van der Waals surface area contributed by atoms with Crippen LogP contribution in [0, 0.1) is 12.8 Å². The van der Waals surface area contributed by atoms with Crippen molar-refractivity contribution in [3.05, 3.63) is 86.5 Å². The molecule has 0 amide bonds. The third kappa shape index (κ3) is 4.39. The summed E-state index contributed by atoms with van der Waals surface area (Å²) in [7, 11) is 0. The number of hydrogen-bond acceptors (Lipinski definition) is 5. The highest BCUT2D eigenvalue weighted by molar-refractivity contribution is 7.99. The van der Waals surface area contributed by atoms with E-state index in [0.29, 0.717) is 12.5 Å². The Balaban J connectivity index is 1.61. The van der Waals surface area contributed by atoms with Crippen LogP contribution in [0.1, 0.15) is 35.4 Å². The summed E-state index contributed by atoms with van der Waals surface area (Å²) >= 11 is 3.27. The molecular weight excluding hydrogens is 448 g/mol. The summed E-state index contributed by atoms with van der Waals surface area (Å²) < 4.78 is 7.92. The largest absolute Gasteiger partial charge is 0.372 e. The lowest BCUT2D eigenvalue weighted by Gasteiger charge is -2.26. The maximum absolute atomic E-state index is 14.0. The predicted octanol–water partition coefficient (Wildman–Crippen LogP) is 6.19. The van der Waals surface area contributed by atoms with Crippen molar-refractivity contribution in [3.8, 4) is 5.69 Å². The first-order chi connectivity index (χ1) is 16.0.